The summed E-state index contributed by atoms with van der Waals surface area (Å²) in [7, 11) is 0. The largest absolute Gasteiger partial charge is 0.350 e. The number of carbonyl (C=O) groups excluding carboxylic acids is 3. The van der Waals surface area contributed by atoms with Crippen LogP contribution in [0.3, 0.4) is 0 Å². The number of hydrogen-bond acceptors (Lipinski definition) is 3. The molecule has 0 aliphatic carbocycles. The molecule has 0 aromatic carbocycles. The van der Waals surface area contributed by atoms with Gasteiger partial charge in [-0.25, -0.2) is 0 Å². The van der Waals surface area contributed by atoms with Crippen LogP contribution in [-0.4, -0.2) is 24.5 Å². The van der Waals surface area contributed by atoms with Crippen LogP contribution in [-0.2, 0) is 14.4 Å². The third-order valence-electron chi connectivity index (χ3n) is 1.32. The molecule has 0 aromatic rings. The van der Waals surface area contributed by atoms with E-state index in [1.807, 2.05) is 0 Å². The van der Waals surface area contributed by atoms with Crippen LogP contribution in [0.15, 0.2) is 0 Å². The Kier molecular flexibility index (Phi) is 5.87. The van der Waals surface area contributed by atoms with Crippen molar-refractivity contribution in [2.75, 3.05) is 6.54 Å². The Hall–Kier alpha value is -1.19. The SMILES string of the molecule is CCNC(=O)C(=O)CCCC=O. The number of ketones is 1. The van der Waals surface area contributed by atoms with Gasteiger partial charge in [-0.05, 0) is 13.3 Å². The summed E-state index contributed by atoms with van der Waals surface area (Å²) in [6.45, 7) is 2.20. The maximum Gasteiger partial charge on any atom is 0.287 e. The van der Waals surface area contributed by atoms with E-state index >= 15 is 0 Å². The molecule has 0 atom stereocenters. The van der Waals surface area contributed by atoms with Gasteiger partial charge in [0.25, 0.3) is 5.91 Å². The minimum atomic E-state index is -0.552. The lowest BCUT2D eigenvalue weighted by Gasteiger charge is -1.98. The molecule has 0 radical (unpaired) electrons. The molecular formula is C8H13NO3. The topological polar surface area (TPSA) is 63.2 Å². The Labute approximate surface area is 71.3 Å². The van der Waals surface area contributed by atoms with Crippen molar-refractivity contribution in [1.29, 1.82) is 0 Å². The summed E-state index contributed by atoms with van der Waals surface area (Å²) in [6.07, 6.45) is 1.69. The fourth-order valence-electron chi connectivity index (χ4n) is 0.719. The third kappa shape index (κ3) is 4.60. The first-order valence-electron chi connectivity index (χ1n) is 3.97. The van der Waals surface area contributed by atoms with Crippen molar-refractivity contribution in [3.63, 3.8) is 0 Å². The molecule has 0 aliphatic rings. The van der Waals surface area contributed by atoms with Crippen LogP contribution in [0.25, 0.3) is 0 Å². The minimum Gasteiger partial charge on any atom is -0.350 e. The van der Waals surface area contributed by atoms with Crippen molar-refractivity contribution in [1.82, 2.24) is 5.32 Å². The molecule has 12 heavy (non-hydrogen) atoms. The number of rotatable bonds is 6. The number of Topliss-reactive ketones (excluding diaryl/α,β-unsaturated/α-hetero) is 1. The van der Waals surface area contributed by atoms with Gasteiger partial charge in [0.15, 0.2) is 0 Å². The van der Waals surface area contributed by atoms with Crippen molar-refractivity contribution >= 4 is 18.0 Å². The predicted octanol–water partition coefficient (Wildman–Crippen LogP) is 0.0608. The van der Waals surface area contributed by atoms with E-state index in [-0.39, 0.29) is 6.42 Å². The van der Waals surface area contributed by atoms with Crippen molar-refractivity contribution in [3.8, 4) is 0 Å². The monoisotopic (exact) mass is 171 g/mol. The van der Waals surface area contributed by atoms with Gasteiger partial charge in [0.1, 0.15) is 6.29 Å². The fraction of sp³-hybridized carbons (Fsp3) is 0.625. The fourth-order valence-corrected chi connectivity index (χ4v) is 0.719. The van der Waals surface area contributed by atoms with Gasteiger partial charge in [-0.15, -0.1) is 0 Å². The van der Waals surface area contributed by atoms with E-state index in [4.69, 9.17) is 0 Å². The third-order valence-corrected chi connectivity index (χ3v) is 1.32. The van der Waals surface area contributed by atoms with Gasteiger partial charge in [0.2, 0.25) is 5.78 Å². The average Bonchev–Trinajstić information content (AvgIpc) is 2.05. The zero-order chi connectivity index (χ0) is 9.40. The first-order valence-corrected chi connectivity index (χ1v) is 3.97. The second kappa shape index (κ2) is 6.52. The normalized spacial score (nSPS) is 9.08. The van der Waals surface area contributed by atoms with E-state index < -0.39 is 11.7 Å². The van der Waals surface area contributed by atoms with Crippen LogP contribution < -0.4 is 5.32 Å². The Morgan fingerprint density at radius 1 is 1.42 bits per heavy atom. The Balaban J connectivity index is 3.57. The van der Waals surface area contributed by atoms with Crippen LogP contribution in [0.1, 0.15) is 26.2 Å². The molecule has 1 N–H and O–H groups in total. The maximum atomic E-state index is 10.9. The van der Waals surface area contributed by atoms with Gasteiger partial charge >= 0.3 is 0 Å². The van der Waals surface area contributed by atoms with Crippen LogP contribution in [0.2, 0.25) is 0 Å². The summed E-state index contributed by atoms with van der Waals surface area (Å²) in [5.74, 6) is -0.998. The zero-order valence-electron chi connectivity index (χ0n) is 7.13. The van der Waals surface area contributed by atoms with Gasteiger partial charge in [-0.3, -0.25) is 9.59 Å². The molecule has 0 fully saturated rings. The van der Waals surface area contributed by atoms with E-state index in [1.54, 1.807) is 6.92 Å². The summed E-state index contributed by atoms with van der Waals surface area (Å²) >= 11 is 0. The number of aldehydes is 1. The quantitative estimate of drug-likeness (QED) is 0.349. The van der Waals surface area contributed by atoms with Crippen molar-refractivity contribution in [3.05, 3.63) is 0 Å². The molecule has 0 bridgehead atoms. The first kappa shape index (κ1) is 10.8. The molecule has 0 saturated carbocycles. The van der Waals surface area contributed by atoms with Gasteiger partial charge in [0, 0.05) is 19.4 Å². The van der Waals surface area contributed by atoms with Crippen molar-refractivity contribution in [2.45, 2.75) is 26.2 Å². The number of nitrogens with one attached hydrogen (secondary N) is 1. The molecule has 0 unspecified atom stereocenters. The lowest BCUT2D eigenvalue weighted by molar-refractivity contribution is -0.137. The molecular weight excluding hydrogens is 158 g/mol. The molecule has 4 heteroatoms. The smallest absolute Gasteiger partial charge is 0.287 e. The lowest BCUT2D eigenvalue weighted by Crippen LogP contribution is -2.30. The second-order valence-electron chi connectivity index (χ2n) is 2.34. The molecule has 4 nitrogen and oxygen atoms in total. The highest BCUT2D eigenvalue weighted by Crippen LogP contribution is 1.93. The molecule has 0 saturated heterocycles. The summed E-state index contributed by atoms with van der Waals surface area (Å²) in [5, 5.41) is 2.40. The highest BCUT2D eigenvalue weighted by atomic mass is 16.2. The van der Waals surface area contributed by atoms with Gasteiger partial charge < -0.3 is 10.1 Å². The van der Waals surface area contributed by atoms with E-state index in [0.29, 0.717) is 19.4 Å². The average molecular weight is 171 g/mol. The van der Waals surface area contributed by atoms with E-state index in [0.717, 1.165) is 6.29 Å². The van der Waals surface area contributed by atoms with Gasteiger partial charge in [-0.1, -0.05) is 0 Å². The standard InChI is InChI=1S/C8H13NO3/c1-2-9-8(12)7(11)5-3-4-6-10/h6H,2-5H2,1H3,(H,9,12). The number of unbranched alkanes of at least 4 members (excludes halogenated alkanes) is 1. The van der Waals surface area contributed by atoms with Crippen molar-refractivity contribution in [2.24, 2.45) is 0 Å². The van der Waals surface area contributed by atoms with E-state index in [9.17, 15) is 14.4 Å². The van der Waals surface area contributed by atoms with Crippen LogP contribution in [0, 0.1) is 0 Å². The molecule has 0 rings (SSSR count). The second-order valence-corrected chi connectivity index (χ2v) is 2.34. The maximum absolute atomic E-state index is 10.9. The van der Waals surface area contributed by atoms with Crippen LogP contribution >= 0.6 is 0 Å². The minimum absolute atomic E-state index is 0.157. The number of hydrogen-bond donors (Lipinski definition) is 1. The molecule has 0 aliphatic heterocycles. The molecule has 0 spiro atoms. The molecule has 0 aromatic heterocycles. The van der Waals surface area contributed by atoms with E-state index in [2.05, 4.69) is 5.32 Å². The lowest BCUT2D eigenvalue weighted by atomic mass is 10.2. The Bertz CT molecular complexity index is 177. The predicted molar refractivity (Wildman–Crippen MR) is 43.6 cm³/mol. The highest BCUT2D eigenvalue weighted by molar-refractivity contribution is 6.36. The number of carbonyl (C=O) groups is 3. The zero-order valence-corrected chi connectivity index (χ0v) is 7.13. The Morgan fingerprint density at radius 2 is 2.08 bits per heavy atom. The molecule has 1 amide bonds. The van der Waals surface area contributed by atoms with Gasteiger partial charge in [0.05, 0.1) is 0 Å². The summed E-state index contributed by atoms with van der Waals surface area (Å²) in [4.78, 5) is 31.5. The van der Waals surface area contributed by atoms with E-state index in [1.165, 1.54) is 0 Å². The Morgan fingerprint density at radius 3 is 2.58 bits per heavy atom. The summed E-state index contributed by atoms with van der Waals surface area (Å²) < 4.78 is 0. The first-order chi connectivity index (χ1) is 5.72. The summed E-state index contributed by atoms with van der Waals surface area (Å²) in [6, 6.07) is 0. The number of likely N-dealkylation sites (N-methyl/N-ethyl adjacent to an activating group) is 1. The molecule has 0 heterocycles. The van der Waals surface area contributed by atoms with Crippen molar-refractivity contribution < 1.29 is 14.4 Å². The summed E-state index contributed by atoms with van der Waals surface area (Å²) in [5.41, 5.74) is 0. The number of amides is 1. The van der Waals surface area contributed by atoms with Crippen LogP contribution in [0.4, 0.5) is 0 Å². The van der Waals surface area contributed by atoms with Gasteiger partial charge in [-0.2, -0.15) is 0 Å². The van der Waals surface area contributed by atoms with Crippen LogP contribution in [0.5, 0.6) is 0 Å². The highest BCUT2D eigenvalue weighted by Gasteiger charge is 2.10. The molecule has 68 valence electrons.